The lowest BCUT2D eigenvalue weighted by Gasteiger charge is -2.12. The largest absolute Gasteiger partial charge is 0.462 e. The second-order valence-electron chi connectivity index (χ2n) is 5.87. The van der Waals surface area contributed by atoms with E-state index in [1.807, 2.05) is 13.8 Å². The lowest BCUT2D eigenvalue weighted by Crippen LogP contribution is -2.17. The number of benzene rings is 2. The van der Waals surface area contributed by atoms with Crippen LogP contribution in [0.25, 0.3) is 0 Å². The van der Waals surface area contributed by atoms with Crippen LogP contribution in [0.1, 0.15) is 53.0 Å². The molecule has 2 aromatic rings. The smallest absolute Gasteiger partial charge is 0.340 e. The molecule has 0 saturated carbocycles. The lowest BCUT2D eigenvalue weighted by atomic mass is 10.1. The van der Waals surface area contributed by atoms with Gasteiger partial charge in [-0.1, -0.05) is 32.4 Å². The van der Waals surface area contributed by atoms with Crippen molar-refractivity contribution < 1.29 is 18.7 Å². The Labute approximate surface area is 152 Å². The van der Waals surface area contributed by atoms with Crippen molar-refractivity contribution in [3.8, 4) is 0 Å². The van der Waals surface area contributed by atoms with Gasteiger partial charge in [-0.15, -0.1) is 0 Å². The van der Waals surface area contributed by atoms with Crippen molar-refractivity contribution in [3.05, 3.63) is 58.9 Å². The summed E-state index contributed by atoms with van der Waals surface area (Å²) >= 11 is 0. The number of nitrogens with two attached hydrogens (primary N) is 1. The fourth-order valence-corrected chi connectivity index (χ4v) is 2.44. The Hall–Kier alpha value is -2.89. The number of esters is 1. The van der Waals surface area contributed by atoms with Gasteiger partial charge in [0.15, 0.2) is 0 Å². The van der Waals surface area contributed by atoms with Crippen LogP contribution < -0.4 is 11.1 Å². The van der Waals surface area contributed by atoms with Gasteiger partial charge < -0.3 is 15.8 Å². The number of hydrogen-bond donors (Lipinski definition) is 2. The fraction of sp³-hybridized carbons (Fsp3) is 0.300. The van der Waals surface area contributed by atoms with E-state index >= 15 is 0 Å². The third kappa shape index (κ3) is 4.59. The summed E-state index contributed by atoms with van der Waals surface area (Å²) in [4.78, 5) is 24.6. The molecule has 0 aromatic heterocycles. The van der Waals surface area contributed by atoms with Gasteiger partial charge in [0.2, 0.25) is 0 Å². The van der Waals surface area contributed by atoms with E-state index in [9.17, 15) is 14.0 Å². The number of nitrogen functional groups attached to an aromatic ring is 1. The summed E-state index contributed by atoms with van der Waals surface area (Å²) in [6.45, 7) is 4.14. The molecule has 26 heavy (non-hydrogen) atoms. The van der Waals surface area contributed by atoms with Crippen LogP contribution in [-0.2, 0) is 11.2 Å². The van der Waals surface area contributed by atoms with Crippen LogP contribution in [0.2, 0.25) is 0 Å². The molecule has 0 atom stereocenters. The van der Waals surface area contributed by atoms with Crippen molar-refractivity contribution in [1.82, 2.24) is 0 Å². The van der Waals surface area contributed by atoms with E-state index in [0.29, 0.717) is 24.3 Å². The molecule has 0 aliphatic carbocycles. The number of carbonyl (C=O) groups excluding carboxylic acids is 2. The molecule has 6 heteroatoms. The van der Waals surface area contributed by atoms with Crippen molar-refractivity contribution in [2.75, 3.05) is 17.7 Å². The number of amides is 1. The lowest BCUT2D eigenvalue weighted by molar-refractivity contribution is 0.0501. The molecule has 5 nitrogen and oxygen atoms in total. The highest BCUT2D eigenvalue weighted by atomic mass is 19.1. The third-order valence-corrected chi connectivity index (χ3v) is 3.99. The maximum Gasteiger partial charge on any atom is 0.340 e. The SMILES string of the molecule is CCCCOC(=O)c1cccc(C(=O)Nc2ccc(CC)c(F)c2)c1N. The molecule has 0 heterocycles. The van der Waals surface area contributed by atoms with Crippen LogP contribution in [0.3, 0.4) is 0 Å². The van der Waals surface area contributed by atoms with E-state index in [-0.39, 0.29) is 22.6 Å². The summed E-state index contributed by atoms with van der Waals surface area (Å²) in [6.07, 6.45) is 2.22. The van der Waals surface area contributed by atoms with Crippen LogP contribution >= 0.6 is 0 Å². The Kier molecular flexibility index (Phi) is 6.72. The summed E-state index contributed by atoms with van der Waals surface area (Å²) in [7, 11) is 0. The number of hydrogen-bond acceptors (Lipinski definition) is 4. The topological polar surface area (TPSA) is 81.4 Å². The monoisotopic (exact) mass is 358 g/mol. The average Bonchev–Trinajstić information content (AvgIpc) is 2.62. The summed E-state index contributed by atoms with van der Waals surface area (Å²) in [5.41, 5.74) is 7.18. The molecule has 0 fully saturated rings. The number of halogens is 1. The van der Waals surface area contributed by atoms with E-state index in [2.05, 4.69) is 5.32 Å². The van der Waals surface area contributed by atoms with Crippen molar-refractivity contribution in [2.24, 2.45) is 0 Å². The molecule has 0 spiro atoms. The van der Waals surface area contributed by atoms with Gasteiger partial charge >= 0.3 is 5.97 Å². The van der Waals surface area contributed by atoms with E-state index in [1.54, 1.807) is 18.2 Å². The molecule has 0 aliphatic heterocycles. The number of ether oxygens (including phenoxy) is 1. The highest BCUT2D eigenvalue weighted by molar-refractivity contribution is 6.11. The minimum absolute atomic E-state index is 0.0390. The molecular weight excluding hydrogens is 335 g/mol. The molecule has 2 aromatic carbocycles. The second kappa shape index (κ2) is 8.99. The Balaban J connectivity index is 2.17. The van der Waals surface area contributed by atoms with Gasteiger partial charge in [-0.3, -0.25) is 4.79 Å². The van der Waals surface area contributed by atoms with Crippen LogP contribution in [0.4, 0.5) is 15.8 Å². The summed E-state index contributed by atoms with van der Waals surface area (Å²) in [5.74, 6) is -1.47. The van der Waals surface area contributed by atoms with Gasteiger partial charge in [-0.2, -0.15) is 0 Å². The quantitative estimate of drug-likeness (QED) is 0.442. The van der Waals surface area contributed by atoms with Crippen molar-refractivity contribution in [3.63, 3.8) is 0 Å². The van der Waals surface area contributed by atoms with E-state index in [4.69, 9.17) is 10.5 Å². The molecule has 138 valence electrons. The zero-order valence-corrected chi connectivity index (χ0v) is 15.0. The summed E-state index contributed by atoms with van der Waals surface area (Å²) in [6, 6.07) is 9.08. The summed E-state index contributed by atoms with van der Waals surface area (Å²) in [5, 5.41) is 2.60. The van der Waals surface area contributed by atoms with Gasteiger partial charge in [-0.25, -0.2) is 9.18 Å². The number of carbonyl (C=O) groups is 2. The molecule has 0 unspecified atom stereocenters. The predicted molar refractivity (Wildman–Crippen MR) is 99.8 cm³/mol. The Morgan fingerprint density at radius 1 is 1.15 bits per heavy atom. The van der Waals surface area contributed by atoms with Crippen molar-refractivity contribution >= 4 is 23.3 Å². The molecule has 1 amide bonds. The second-order valence-corrected chi connectivity index (χ2v) is 5.87. The molecule has 3 N–H and O–H groups in total. The van der Waals surface area contributed by atoms with Gasteiger partial charge in [0.25, 0.3) is 5.91 Å². The molecule has 2 rings (SSSR count). The average molecular weight is 358 g/mol. The van der Waals surface area contributed by atoms with Crippen molar-refractivity contribution in [1.29, 1.82) is 0 Å². The minimum atomic E-state index is -0.566. The normalized spacial score (nSPS) is 10.4. The molecular formula is C20H23FN2O3. The number of anilines is 2. The highest BCUT2D eigenvalue weighted by Gasteiger charge is 2.18. The van der Waals surface area contributed by atoms with Crippen LogP contribution in [0.5, 0.6) is 0 Å². The zero-order chi connectivity index (χ0) is 19.1. The molecule has 0 saturated heterocycles. The van der Waals surface area contributed by atoms with E-state index in [0.717, 1.165) is 12.8 Å². The minimum Gasteiger partial charge on any atom is -0.462 e. The first-order chi connectivity index (χ1) is 12.5. The number of unbranched alkanes of at least 4 members (excludes halogenated alkanes) is 1. The number of nitrogens with one attached hydrogen (secondary N) is 1. The summed E-state index contributed by atoms with van der Waals surface area (Å²) < 4.78 is 19.0. The molecule has 0 radical (unpaired) electrons. The van der Waals surface area contributed by atoms with Crippen LogP contribution in [0, 0.1) is 5.82 Å². The zero-order valence-electron chi connectivity index (χ0n) is 15.0. The van der Waals surface area contributed by atoms with Crippen LogP contribution in [-0.4, -0.2) is 18.5 Å². The van der Waals surface area contributed by atoms with Gasteiger partial charge in [0, 0.05) is 5.69 Å². The molecule has 0 aliphatic rings. The Morgan fingerprint density at radius 2 is 1.88 bits per heavy atom. The highest BCUT2D eigenvalue weighted by Crippen LogP contribution is 2.21. The van der Waals surface area contributed by atoms with E-state index in [1.165, 1.54) is 18.2 Å². The van der Waals surface area contributed by atoms with E-state index < -0.39 is 11.9 Å². The fourth-order valence-electron chi connectivity index (χ4n) is 2.44. The number of rotatable bonds is 7. The maximum atomic E-state index is 13.9. The first-order valence-corrected chi connectivity index (χ1v) is 8.63. The van der Waals surface area contributed by atoms with Gasteiger partial charge in [0.05, 0.1) is 23.4 Å². The van der Waals surface area contributed by atoms with Crippen LogP contribution in [0.15, 0.2) is 36.4 Å². The number of aryl methyl sites for hydroxylation is 1. The first kappa shape index (κ1) is 19.4. The predicted octanol–water partition coefficient (Wildman–Crippen LogP) is 4.18. The third-order valence-electron chi connectivity index (χ3n) is 3.99. The molecule has 0 bridgehead atoms. The number of para-hydroxylation sites is 1. The Morgan fingerprint density at radius 3 is 2.54 bits per heavy atom. The Bertz CT molecular complexity index is 806. The first-order valence-electron chi connectivity index (χ1n) is 8.63. The maximum absolute atomic E-state index is 13.9. The van der Waals surface area contributed by atoms with Gasteiger partial charge in [-0.05, 0) is 42.7 Å². The van der Waals surface area contributed by atoms with Crippen molar-refractivity contribution in [2.45, 2.75) is 33.1 Å². The van der Waals surface area contributed by atoms with Gasteiger partial charge in [0.1, 0.15) is 5.82 Å². The standard InChI is InChI=1S/C20H23FN2O3/c1-3-5-11-26-20(25)16-8-6-7-15(18(16)22)19(24)23-14-10-9-13(4-2)17(21)12-14/h6-10,12H,3-5,11,22H2,1-2H3,(H,23,24).